The molecule has 0 aliphatic heterocycles. The Kier molecular flexibility index (Phi) is 8.29. The normalized spacial score (nSPS) is 15.1. The smallest absolute Gasteiger partial charge is 0.191 e. The van der Waals surface area contributed by atoms with Crippen molar-refractivity contribution in [3.8, 4) is 0 Å². The first-order valence-corrected chi connectivity index (χ1v) is 9.63. The van der Waals surface area contributed by atoms with Crippen molar-refractivity contribution in [2.75, 3.05) is 19.3 Å². The molecule has 0 radical (unpaired) electrons. The summed E-state index contributed by atoms with van der Waals surface area (Å²) in [6, 6.07) is 0.312. The number of nitrogens with zero attached hydrogens (tertiary/aromatic N) is 1. The number of hydrogen-bond acceptors (Lipinski definition) is 3. The molecule has 0 aromatic heterocycles. The molecule has 0 aliphatic rings. The SMILES string of the molecule is CCNC(=NCC(C)(C)S(C)(=O)=O)NC(C)CCC(C)C. The first-order chi connectivity index (χ1) is 9.49. The summed E-state index contributed by atoms with van der Waals surface area (Å²) in [4.78, 5) is 4.43. The maximum atomic E-state index is 11.7. The van der Waals surface area contributed by atoms with E-state index in [-0.39, 0.29) is 6.54 Å². The zero-order valence-electron chi connectivity index (χ0n) is 14.7. The van der Waals surface area contributed by atoms with Crippen LogP contribution in [0, 0.1) is 5.92 Å². The fourth-order valence-corrected chi connectivity index (χ4v) is 1.89. The highest BCUT2D eigenvalue weighted by atomic mass is 32.2. The van der Waals surface area contributed by atoms with Crippen molar-refractivity contribution >= 4 is 15.8 Å². The largest absolute Gasteiger partial charge is 0.357 e. The quantitative estimate of drug-likeness (QED) is 0.531. The molecular formula is C15H33N3O2S. The first-order valence-electron chi connectivity index (χ1n) is 7.74. The van der Waals surface area contributed by atoms with Crippen molar-refractivity contribution < 1.29 is 8.42 Å². The van der Waals surface area contributed by atoms with Gasteiger partial charge in [0.1, 0.15) is 0 Å². The molecule has 0 amide bonds. The van der Waals surface area contributed by atoms with Crippen molar-refractivity contribution in [3.63, 3.8) is 0 Å². The molecule has 1 atom stereocenters. The minimum absolute atomic E-state index is 0.248. The fourth-order valence-electron chi connectivity index (χ4n) is 1.60. The maximum absolute atomic E-state index is 11.7. The number of rotatable bonds is 8. The lowest BCUT2D eigenvalue weighted by molar-refractivity contribution is 0.488. The van der Waals surface area contributed by atoms with Crippen molar-refractivity contribution in [2.24, 2.45) is 10.9 Å². The number of aliphatic imine (C=N–C) groups is 1. The lowest BCUT2D eigenvalue weighted by Gasteiger charge is -2.22. The van der Waals surface area contributed by atoms with Crippen LogP contribution in [0.1, 0.15) is 54.4 Å². The molecule has 0 heterocycles. The fraction of sp³-hybridized carbons (Fsp3) is 0.933. The number of hydrogen-bond donors (Lipinski definition) is 2. The second kappa shape index (κ2) is 8.61. The van der Waals surface area contributed by atoms with Gasteiger partial charge in [-0.2, -0.15) is 0 Å². The van der Waals surface area contributed by atoms with E-state index in [4.69, 9.17) is 0 Å². The van der Waals surface area contributed by atoms with Gasteiger partial charge in [0.25, 0.3) is 0 Å². The first kappa shape index (κ1) is 20.2. The Balaban J connectivity index is 4.71. The third-order valence-corrected chi connectivity index (χ3v) is 5.66. The summed E-state index contributed by atoms with van der Waals surface area (Å²) >= 11 is 0. The third-order valence-electron chi connectivity index (χ3n) is 3.53. The molecular weight excluding hydrogens is 286 g/mol. The lowest BCUT2D eigenvalue weighted by atomic mass is 10.0. The van der Waals surface area contributed by atoms with E-state index in [0.29, 0.717) is 17.9 Å². The van der Waals surface area contributed by atoms with Crippen LogP contribution in [0.2, 0.25) is 0 Å². The van der Waals surface area contributed by atoms with E-state index in [9.17, 15) is 8.42 Å². The standard InChI is InChI=1S/C15H33N3O2S/c1-8-16-14(18-13(4)10-9-12(2)3)17-11-15(5,6)21(7,19)20/h12-13H,8-11H2,1-7H3,(H2,16,17,18). The Labute approximate surface area is 130 Å². The highest BCUT2D eigenvalue weighted by Crippen LogP contribution is 2.15. The van der Waals surface area contributed by atoms with Gasteiger partial charge < -0.3 is 10.6 Å². The summed E-state index contributed by atoms with van der Waals surface area (Å²) in [7, 11) is -3.13. The maximum Gasteiger partial charge on any atom is 0.191 e. The molecule has 126 valence electrons. The van der Waals surface area contributed by atoms with Crippen molar-refractivity contribution in [1.29, 1.82) is 0 Å². The van der Waals surface area contributed by atoms with E-state index in [1.54, 1.807) is 13.8 Å². The van der Waals surface area contributed by atoms with Crippen LogP contribution in [-0.2, 0) is 9.84 Å². The zero-order valence-corrected chi connectivity index (χ0v) is 15.5. The van der Waals surface area contributed by atoms with E-state index >= 15 is 0 Å². The molecule has 0 fully saturated rings. The molecule has 2 N–H and O–H groups in total. The van der Waals surface area contributed by atoms with E-state index in [0.717, 1.165) is 19.4 Å². The Hall–Kier alpha value is -0.780. The molecule has 1 unspecified atom stereocenters. The summed E-state index contributed by atoms with van der Waals surface area (Å²) in [5, 5.41) is 6.51. The van der Waals surface area contributed by atoms with Crippen LogP contribution in [0.4, 0.5) is 0 Å². The molecule has 0 rings (SSSR count). The number of sulfone groups is 1. The van der Waals surface area contributed by atoms with Crippen LogP contribution in [-0.4, -0.2) is 44.5 Å². The van der Waals surface area contributed by atoms with Gasteiger partial charge in [-0.3, -0.25) is 4.99 Å². The van der Waals surface area contributed by atoms with Gasteiger partial charge in [0.05, 0.1) is 11.3 Å². The monoisotopic (exact) mass is 319 g/mol. The number of nitrogens with one attached hydrogen (secondary N) is 2. The van der Waals surface area contributed by atoms with Crippen LogP contribution in [0.3, 0.4) is 0 Å². The Morgan fingerprint density at radius 1 is 1.19 bits per heavy atom. The van der Waals surface area contributed by atoms with E-state index in [1.807, 2.05) is 6.92 Å². The average Bonchev–Trinajstić information content (AvgIpc) is 2.32. The molecule has 6 heteroatoms. The summed E-state index contributed by atoms with van der Waals surface area (Å²) in [5.74, 6) is 1.36. The van der Waals surface area contributed by atoms with Crippen LogP contribution in [0.25, 0.3) is 0 Å². The highest BCUT2D eigenvalue weighted by molar-refractivity contribution is 7.92. The zero-order chi connectivity index (χ0) is 16.7. The van der Waals surface area contributed by atoms with E-state index < -0.39 is 14.6 Å². The van der Waals surface area contributed by atoms with Gasteiger partial charge in [-0.25, -0.2) is 8.42 Å². The van der Waals surface area contributed by atoms with E-state index in [1.165, 1.54) is 6.26 Å². The topological polar surface area (TPSA) is 70.6 Å². The number of guanidine groups is 1. The summed E-state index contributed by atoms with van der Waals surface area (Å²) < 4.78 is 22.6. The van der Waals surface area contributed by atoms with Gasteiger partial charge in [-0.05, 0) is 46.5 Å². The van der Waals surface area contributed by atoms with Crippen LogP contribution >= 0.6 is 0 Å². The second-order valence-electron chi connectivity index (χ2n) is 6.74. The summed E-state index contributed by atoms with van der Waals surface area (Å²) in [6.07, 6.45) is 3.48. The van der Waals surface area contributed by atoms with Crippen molar-refractivity contribution in [1.82, 2.24) is 10.6 Å². The average molecular weight is 320 g/mol. The van der Waals surface area contributed by atoms with Crippen LogP contribution < -0.4 is 10.6 Å². The molecule has 0 saturated carbocycles. The third kappa shape index (κ3) is 8.29. The minimum atomic E-state index is -3.13. The highest BCUT2D eigenvalue weighted by Gasteiger charge is 2.30. The van der Waals surface area contributed by atoms with Gasteiger partial charge in [-0.1, -0.05) is 13.8 Å². The molecule has 0 saturated heterocycles. The molecule has 0 bridgehead atoms. The Morgan fingerprint density at radius 2 is 1.76 bits per heavy atom. The predicted octanol–water partition coefficient (Wildman–Crippen LogP) is 2.19. The van der Waals surface area contributed by atoms with Crippen molar-refractivity contribution in [2.45, 2.75) is 65.2 Å². The predicted molar refractivity (Wildman–Crippen MR) is 91.6 cm³/mol. The molecule has 0 aromatic rings. The van der Waals surface area contributed by atoms with Crippen molar-refractivity contribution in [3.05, 3.63) is 0 Å². The van der Waals surface area contributed by atoms with Gasteiger partial charge in [0.15, 0.2) is 15.8 Å². The van der Waals surface area contributed by atoms with Gasteiger partial charge in [0, 0.05) is 18.8 Å². The van der Waals surface area contributed by atoms with Gasteiger partial charge in [0.2, 0.25) is 0 Å². The second-order valence-corrected chi connectivity index (χ2v) is 9.39. The molecule has 0 aliphatic carbocycles. The van der Waals surface area contributed by atoms with Gasteiger partial charge in [-0.15, -0.1) is 0 Å². The molecule has 21 heavy (non-hydrogen) atoms. The summed E-state index contributed by atoms with van der Waals surface area (Å²) in [5.41, 5.74) is 0. The van der Waals surface area contributed by atoms with Crippen LogP contribution in [0.15, 0.2) is 4.99 Å². The minimum Gasteiger partial charge on any atom is -0.357 e. The van der Waals surface area contributed by atoms with E-state index in [2.05, 4.69) is 36.4 Å². The lowest BCUT2D eigenvalue weighted by Crippen LogP contribution is -2.44. The summed E-state index contributed by atoms with van der Waals surface area (Å²) in [6.45, 7) is 12.9. The molecule has 0 aromatic carbocycles. The Bertz CT molecular complexity index is 428. The van der Waals surface area contributed by atoms with Crippen LogP contribution in [0.5, 0.6) is 0 Å². The molecule has 5 nitrogen and oxygen atoms in total. The Morgan fingerprint density at radius 3 is 2.19 bits per heavy atom. The van der Waals surface area contributed by atoms with Gasteiger partial charge >= 0.3 is 0 Å². The molecule has 0 spiro atoms.